The number of carbonyl (C=O) groups is 2. The zero-order valence-corrected chi connectivity index (χ0v) is 12.3. The van der Waals surface area contributed by atoms with Crippen molar-refractivity contribution in [3.8, 4) is 0 Å². The Hall–Kier alpha value is -1.44. The Labute approximate surface area is 132 Å². The van der Waals surface area contributed by atoms with E-state index in [0.29, 0.717) is 0 Å². The smallest absolute Gasteiger partial charge is 1.00 e. The maximum Gasteiger partial charge on any atom is 1.00 e. The molecule has 0 aromatic heterocycles. The van der Waals surface area contributed by atoms with Gasteiger partial charge in [0.05, 0.1) is 0 Å². The molecule has 0 saturated carbocycles. The fraction of sp³-hybridized carbons (Fsp3) is 0.429. The summed E-state index contributed by atoms with van der Waals surface area (Å²) in [6.45, 7) is 5.17. The van der Waals surface area contributed by atoms with Crippen molar-refractivity contribution in [3.63, 3.8) is 0 Å². The Bertz CT molecular complexity index is 448. The monoisotopic (exact) mass is 273 g/mol. The average molecular weight is 273 g/mol. The molecule has 6 heteroatoms. The van der Waals surface area contributed by atoms with Crippen LogP contribution >= 0.6 is 0 Å². The number of amides is 1. The molecule has 1 atom stereocenters. The number of carboxylic acids is 1. The second-order valence-electron chi connectivity index (χ2n) is 5.23. The number of carboxylic acid groups (broad SMARTS) is 1. The van der Waals surface area contributed by atoms with Gasteiger partial charge in [0.25, 0.3) is 0 Å². The summed E-state index contributed by atoms with van der Waals surface area (Å²) in [6, 6.07) is 8.11. The van der Waals surface area contributed by atoms with Crippen LogP contribution < -0.4 is 24.2 Å². The topological polar surface area (TPSA) is 75.6 Å². The van der Waals surface area contributed by atoms with E-state index < -0.39 is 23.7 Å². The predicted octanol–water partition coefficient (Wildman–Crippen LogP) is -0.676. The van der Waals surface area contributed by atoms with Crippen molar-refractivity contribution in [1.82, 2.24) is 5.32 Å². The maximum absolute atomic E-state index is 11.6. The van der Waals surface area contributed by atoms with Crippen LogP contribution in [-0.2, 0) is 16.0 Å². The fourth-order valence-corrected chi connectivity index (χ4v) is 1.50. The molecule has 0 spiro atoms. The molecule has 0 aliphatic carbocycles. The number of ether oxygens (including phenoxy) is 1. The Morgan fingerprint density at radius 2 is 1.85 bits per heavy atom. The molecule has 1 amide bonds. The van der Waals surface area contributed by atoms with Gasteiger partial charge in [-0.25, -0.2) is 9.59 Å². The number of benzene rings is 1. The third-order valence-electron chi connectivity index (χ3n) is 2.27. The second-order valence-corrected chi connectivity index (χ2v) is 5.23. The van der Waals surface area contributed by atoms with E-state index in [0.717, 1.165) is 5.56 Å². The van der Waals surface area contributed by atoms with Gasteiger partial charge in [-0.2, -0.15) is 0 Å². The van der Waals surface area contributed by atoms with E-state index in [1.54, 1.807) is 20.8 Å². The number of nitrogens with one attached hydrogen (secondary N) is 1. The first-order valence-corrected chi connectivity index (χ1v) is 6.04. The molecular formula is C14H20LiNO4. The third kappa shape index (κ3) is 7.22. The van der Waals surface area contributed by atoms with Gasteiger partial charge in [0.2, 0.25) is 0 Å². The molecule has 0 heterocycles. The van der Waals surface area contributed by atoms with Crippen LogP contribution in [0.2, 0.25) is 0 Å². The van der Waals surface area contributed by atoms with Gasteiger partial charge < -0.3 is 16.6 Å². The molecule has 0 radical (unpaired) electrons. The normalized spacial score (nSPS) is 11.9. The molecule has 20 heavy (non-hydrogen) atoms. The van der Waals surface area contributed by atoms with Gasteiger partial charge in [-0.15, -0.1) is 0 Å². The van der Waals surface area contributed by atoms with E-state index >= 15 is 0 Å². The van der Waals surface area contributed by atoms with Gasteiger partial charge in [-0.05, 0) is 26.3 Å². The number of hydrogen-bond donors (Lipinski definition) is 2. The summed E-state index contributed by atoms with van der Waals surface area (Å²) in [4.78, 5) is 22.7. The first-order chi connectivity index (χ1) is 8.78. The molecule has 1 rings (SSSR count). The van der Waals surface area contributed by atoms with E-state index in [1.165, 1.54) is 0 Å². The standard InChI is InChI=1S/C14H19NO4.Li.H/c1-14(2,3)19-13(18)15-11(12(16)17)9-10-7-5-4-6-8-10;;/h4-8,11H,9H2,1-3H3,(H,15,18)(H,16,17);;/q;+1;-1/t11-;;/m0../s1. The van der Waals surface area contributed by atoms with Gasteiger partial charge in [-0.3, -0.25) is 0 Å². The molecule has 0 aliphatic heterocycles. The van der Waals surface area contributed by atoms with E-state index in [-0.39, 0.29) is 26.7 Å². The van der Waals surface area contributed by atoms with Crippen molar-refractivity contribution in [1.29, 1.82) is 0 Å². The van der Waals surface area contributed by atoms with Crippen molar-refractivity contribution in [3.05, 3.63) is 35.9 Å². The largest absolute Gasteiger partial charge is 1.00 e. The van der Waals surface area contributed by atoms with Gasteiger partial charge in [0, 0.05) is 6.42 Å². The third-order valence-corrected chi connectivity index (χ3v) is 2.27. The molecule has 0 fully saturated rings. The minimum atomic E-state index is -1.09. The zero-order chi connectivity index (χ0) is 14.5. The van der Waals surface area contributed by atoms with Crippen molar-refractivity contribution in [2.24, 2.45) is 0 Å². The van der Waals surface area contributed by atoms with Crippen LogP contribution in [0.1, 0.15) is 27.8 Å². The summed E-state index contributed by atoms with van der Waals surface area (Å²) in [6.07, 6.45) is -0.508. The molecule has 1 aromatic carbocycles. The molecule has 5 nitrogen and oxygen atoms in total. The van der Waals surface area contributed by atoms with Crippen LogP contribution in [0.15, 0.2) is 30.3 Å². The molecule has 1 aromatic rings. The Balaban J connectivity index is 0. The summed E-state index contributed by atoms with van der Waals surface area (Å²) in [5, 5.41) is 11.5. The first kappa shape index (κ1) is 18.6. The van der Waals surface area contributed by atoms with Crippen LogP contribution in [-0.4, -0.2) is 28.8 Å². The predicted molar refractivity (Wildman–Crippen MR) is 72.1 cm³/mol. The van der Waals surface area contributed by atoms with Crippen LogP contribution in [0, 0.1) is 0 Å². The quantitative estimate of drug-likeness (QED) is 0.713. The number of rotatable bonds is 4. The van der Waals surface area contributed by atoms with E-state index in [9.17, 15) is 9.59 Å². The molecule has 0 unspecified atom stereocenters. The second kappa shape index (κ2) is 7.98. The Morgan fingerprint density at radius 1 is 1.30 bits per heavy atom. The molecule has 0 saturated heterocycles. The summed E-state index contributed by atoms with van der Waals surface area (Å²) >= 11 is 0. The van der Waals surface area contributed by atoms with Crippen LogP contribution in [0.5, 0.6) is 0 Å². The average Bonchev–Trinajstić information content (AvgIpc) is 2.26. The molecule has 0 bridgehead atoms. The zero-order valence-electron chi connectivity index (χ0n) is 13.3. The number of aliphatic carboxylic acids is 1. The van der Waals surface area contributed by atoms with Gasteiger partial charge in [-0.1, -0.05) is 30.3 Å². The van der Waals surface area contributed by atoms with E-state index in [4.69, 9.17) is 9.84 Å². The van der Waals surface area contributed by atoms with Crippen molar-refractivity contribution in [2.75, 3.05) is 0 Å². The van der Waals surface area contributed by atoms with Gasteiger partial charge in [0.1, 0.15) is 11.6 Å². The summed E-state index contributed by atoms with van der Waals surface area (Å²) in [5.74, 6) is -1.09. The number of alkyl carbamates (subject to hydrolysis) is 1. The molecule has 106 valence electrons. The Morgan fingerprint density at radius 3 is 2.30 bits per heavy atom. The van der Waals surface area contributed by atoms with E-state index in [1.807, 2.05) is 30.3 Å². The minimum Gasteiger partial charge on any atom is -1.00 e. The fourth-order valence-electron chi connectivity index (χ4n) is 1.50. The number of hydrogen-bond acceptors (Lipinski definition) is 3. The summed E-state index contributed by atoms with van der Waals surface area (Å²) in [5.41, 5.74) is 0.186. The molecule has 0 aliphatic rings. The Kier molecular flexibility index (Phi) is 7.41. The van der Waals surface area contributed by atoms with Crippen LogP contribution in [0.25, 0.3) is 0 Å². The summed E-state index contributed by atoms with van der Waals surface area (Å²) in [7, 11) is 0. The SMILES string of the molecule is CC(C)(C)OC(=O)N[C@@H](Cc1ccccc1)C(=O)O.[H-].[Li+]. The summed E-state index contributed by atoms with van der Waals surface area (Å²) < 4.78 is 5.04. The van der Waals surface area contributed by atoms with Crippen molar-refractivity contribution in [2.45, 2.75) is 38.8 Å². The minimum absolute atomic E-state index is 0. The van der Waals surface area contributed by atoms with Crippen LogP contribution in [0.4, 0.5) is 4.79 Å². The maximum atomic E-state index is 11.6. The van der Waals surface area contributed by atoms with Crippen molar-refractivity contribution >= 4 is 12.1 Å². The van der Waals surface area contributed by atoms with Gasteiger partial charge in [0.15, 0.2) is 0 Å². The van der Waals surface area contributed by atoms with Crippen molar-refractivity contribution < 1.29 is 39.7 Å². The molecule has 2 N–H and O–H groups in total. The van der Waals surface area contributed by atoms with Crippen LogP contribution in [0.3, 0.4) is 0 Å². The molecular weight excluding hydrogens is 253 g/mol. The van der Waals surface area contributed by atoms with Gasteiger partial charge >= 0.3 is 30.9 Å². The number of carbonyl (C=O) groups excluding carboxylic acids is 1. The van der Waals surface area contributed by atoms with E-state index in [2.05, 4.69) is 5.32 Å². The first-order valence-electron chi connectivity index (χ1n) is 6.04.